The maximum absolute atomic E-state index is 4.58. The van der Waals surface area contributed by atoms with Gasteiger partial charge in [0.2, 0.25) is 0 Å². The molecule has 136 valence electrons. The van der Waals surface area contributed by atoms with Crippen molar-refractivity contribution in [1.29, 1.82) is 0 Å². The molecule has 2 saturated heterocycles. The molecule has 2 aromatic rings. The summed E-state index contributed by atoms with van der Waals surface area (Å²) in [6.45, 7) is 10.6. The summed E-state index contributed by atoms with van der Waals surface area (Å²) < 4.78 is 1.91. The molecule has 6 nitrogen and oxygen atoms in total. The number of nitrogens with zero attached hydrogens (tertiary/aromatic N) is 6. The molecule has 2 aliphatic rings. The van der Waals surface area contributed by atoms with Crippen molar-refractivity contribution in [3.8, 4) is 0 Å². The van der Waals surface area contributed by atoms with Crippen LogP contribution >= 0.6 is 0 Å². The Balaban J connectivity index is 1.48. The quantitative estimate of drug-likeness (QED) is 0.855. The molecular formula is C19H30N6. The van der Waals surface area contributed by atoms with Gasteiger partial charge in [-0.1, -0.05) is 13.8 Å². The van der Waals surface area contributed by atoms with Crippen molar-refractivity contribution in [2.24, 2.45) is 11.8 Å². The highest BCUT2D eigenvalue weighted by Gasteiger charge is 2.26. The molecular weight excluding hydrogens is 312 g/mol. The van der Waals surface area contributed by atoms with Gasteiger partial charge in [-0.3, -0.25) is 0 Å². The van der Waals surface area contributed by atoms with E-state index in [2.05, 4.69) is 44.8 Å². The predicted octanol–water partition coefficient (Wildman–Crippen LogP) is 2.64. The van der Waals surface area contributed by atoms with Crippen LogP contribution in [0.4, 0.5) is 5.82 Å². The fraction of sp³-hybridized carbons (Fsp3) is 0.737. The molecule has 25 heavy (non-hydrogen) atoms. The summed E-state index contributed by atoms with van der Waals surface area (Å²) in [6.07, 6.45) is 7.87. The summed E-state index contributed by atoms with van der Waals surface area (Å²) in [5.74, 6) is 3.54. The molecule has 4 rings (SSSR count). The van der Waals surface area contributed by atoms with Crippen molar-refractivity contribution in [3.63, 3.8) is 0 Å². The molecule has 0 aromatic carbocycles. The zero-order chi connectivity index (χ0) is 17.2. The van der Waals surface area contributed by atoms with Crippen molar-refractivity contribution >= 4 is 11.6 Å². The van der Waals surface area contributed by atoms with E-state index >= 15 is 0 Å². The summed E-state index contributed by atoms with van der Waals surface area (Å²) in [5, 5.41) is 4.41. The van der Waals surface area contributed by atoms with E-state index in [9.17, 15) is 0 Å². The maximum atomic E-state index is 4.58. The largest absolute Gasteiger partial charge is 0.356 e. The smallest absolute Gasteiger partial charge is 0.254 e. The van der Waals surface area contributed by atoms with Gasteiger partial charge in [0.15, 0.2) is 0 Å². The molecule has 1 unspecified atom stereocenters. The van der Waals surface area contributed by atoms with Crippen LogP contribution in [0.15, 0.2) is 12.4 Å². The second kappa shape index (κ2) is 7.28. The number of anilines is 1. The van der Waals surface area contributed by atoms with Gasteiger partial charge in [0, 0.05) is 31.4 Å². The highest BCUT2D eigenvalue weighted by atomic mass is 15.4. The fourth-order valence-electron chi connectivity index (χ4n) is 4.28. The van der Waals surface area contributed by atoms with Gasteiger partial charge >= 0.3 is 0 Å². The number of hydrogen-bond acceptors (Lipinski definition) is 5. The third-order valence-electron chi connectivity index (χ3n) is 5.88. The van der Waals surface area contributed by atoms with Gasteiger partial charge in [-0.15, -0.1) is 0 Å². The van der Waals surface area contributed by atoms with Crippen LogP contribution in [0.3, 0.4) is 0 Å². The number of hydrogen-bond donors (Lipinski definition) is 0. The maximum Gasteiger partial charge on any atom is 0.254 e. The van der Waals surface area contributed by atoms with Crippen LogP contribution in [0.2, 0.25) is 0 Å². The van der Waals surface area contributed by atoms with Crippen molar-refractivity contribution in [2.75, 3.05) is 37.6 Å². The van der Waals surface area contributed by atoms with Gasteiger partial charge in [0.25, 0.3) is 5.78 Å². The summed E-state index contributed by atoms with van der Waals surface area (Å²) in [5.41, 5.74) is 1.10. The Labute approximate surface area is 150 Å². The molecule has 6 heteroatoms. The van der Waals surface area contributed by atoms with E-state index < -0.39 is 0 Å². The molecule has 0 N–H and O–H groups in total. The Hall–Kier alpha value is -1.69. The minimum atomic E-state index is 0.724. The van der Waals surface area contributed by atoms with Crippen molar-refractivity contribution in [2.45, 2.75) is 46.0 Å². The monoisotopic (exact) mass is 342 g/mol. The van der Waals surface area contributed by atoms with Gasteiger partial charge in [0.1, 0.15) is 12.1 Å². The van der Waals surface area contributed by atoms with E-state index in [4.69, 9.17) is 0 Å². The second-order valence-electron chi connectivity index (χ2n) is 7.87. The number of likely N-dealkylation sites (tertiary alicyclic amines) is 1. The first-order valence-electron chi connectivity index (χ1n) is 9.90. The molecule has 2 fully saturated rings. The Morgan fingerprint density at radius 2 is 2.00 bits per heavy atom. The Morgan fingerprint density at radius 3 is 2.80 bits per heavy atom. The number of rotatable bonds is 4. The van der Waals surface area contributed by atoms with E-state index in [1.54, 1.807) is 6.33 Å². The molecule has 0 radical (unpaired) electrons. The summed E-state index contributed by atoms with van der Waals surface area (Å²) >= 11 is 0. The third-order valence-corrected chi connectivity index (χ3v) is 5.88. The van der Waals surface area contributed by atoms with Gasteiger partial charge in [-0.2, -0.15) is 14.6 Å². The lowest BCUT2D eigenvalue weighted by atomic mass is 9.94. The van der Waals surface area contributed by atoms with Gasteiger partial charge in [-0.25, -0.2) is 4.98 Å². The molecule has 0 amide bonds. The van der Waals surface area contributed by atoms with E-state index in [-0.39, 0.29) is 0 Å². The summed E-state index contributed by atoms with van der Waals surface area (Å²) in [4.78, 5) is 14.1. The molecule has 4 heterocycles. The van der Waals surface area contributed by atoms with Gasteiger partial charge in [0.05, 0.1) is 0 Å². The van der Waals surface area contributed by atoms with Crippen molar-refractivity contribution in [3.05, 3.63) is 18.1 Å². The van der Waals surface area contributed by atoms with Crippen LogP contribution in [0.5, 0.6) is 0 Å². The fourth-order valence-corrected chi connectivity index (χ4v) is 4.28. The normalized spacial score (nSPS) is 23.4. The SMILES string of the molecule is CCc1cc(N2CCCC(CN3CCC(C)CC3)C2)n2ncnc2n1. The van der Waals surface area contributed by atoms with E-state index in [0.29, 0.717) is 0 Å². The molecule has 0 spiro atoms. The van der Waals surface area contributed by atoms with Crippen molar-refractivity contribution in [1.82, 2.24) is 24.5 Å². The van der Waals surface area contributed by atoms with E-state index in [1.807, 2.05) is 4.52 Å². The predicted molar refractivity (Wildman–Crippen MR) is 99.9 cm³/mol. The first-order valence-corrected chi connectivity index (χ1v) is 9.90. The van der Waals surface area contributed by atoms with Crippen LogP contribution < -0.4 is 4.90 Å². The second-order valence-corrected chi connectivity index (χ2v) is 7.87. The highest BCUT2D eigenvalue weighted by Crippen LogP contribution is 2.26. The zero-order valence-electron chi connectivity index (χ0n) is 15.6. The Kier molecular flexibility index (Phi) is 4.88. The molecule has 1 atom stereocenters. The minimum Gasteiger partial charge on any atom is -0.356 e. The highest BCUT2D eigenvalue weighted by molar-refractivity contribution is 5.47. The van der Waals surface area contributed by atoms with E-state index in [0.717, 1.165) is 48.6 Å². The molecule has 0 aliphatic carbocycles. The number of aromatic nitrogens is 4. The lowest BCUT2D eigenvalue weighted by Crippen LogP contribution is -2.43. The number of aryl methyl sites for hydroxylation is 1. The summed E-state index contributed by atoms with van der Waals surface area (Å²) in [6, 6.07) is 2.20. The molecule has 2 aromatic heterocycles. The molecule has 2 aliphatic heterocycles. The van der Waals surface area contributed by atoms with Crippen molar-refractivity contribution < 1.29 is 0 Å². The molecule has 0 bridgehead atoms. The van der Waals surface area contributed by atoms with Crippen LogP contribution in [-0.4, -0.2) is 57.2 Å². The average Bonchev–Trinajstić information content (AvgIpc) is 3.11. The lowest BCUT2D eigenvalue weighted by Gasteiger charge is -2.38. The molecule has 0 saturated carbocycles. The summed E-state index contributed by atoms with van der Waals surface area (Å²) in [7, 11) is 0. The average molecular weight is 342 g/mol. The van der Waals surface area contributed by atoms with Crippen LogP contribution in [0.25, 0.3) is 5.78 Å². The van der Waals surface area contributed by atoms with Gasteiger partial charge in [-0.05, 0) is 57.0 Å². The first kappa shape index (κ1) is 16.8. The minimum absolute atomic E-state index is 0.724. The number of fused-ring (bicyclic) bond motifs is 1. The lowest BCUT2D eigenvalue weighted by molar-refractivity contribution is 0.159. The standard InChI is InChI=1S/C19H30N6/c1-3-17-11-18(25-19(22-17)20-14-21-25)24-8-4-5-16(13-24)12-23-9-6-15(2)7-10-23/h11,14-16H,3-10,12-13H2,1-2H3. The van der Waals surface area contributed by atoms with Crippen LogP contribution in [0.1, 0.15) is 45.2 Å². The first-order chi connectivity index (χ1) is 12.2. The van der Waals surface area contributed by atoms with Gasteiger partial charge < -0.3 is 9.80 Å². The Bertz CT molecular complexity index is 703. The van der Waals surface area contributed by atoms with E-state index in [1.165, 1.54) is 45.3 Å². The van der Waals surface area contributed by atoms with Crippen LogP contribution in [0, 0.1) is 11.8 Å². The third kappa shape index (κ3) is 3.64. The Morgan fingerprint density at radius 1 is 1.16 bits per heavy atom. The topological polar surface area (TPSA) is 49.6 Å². The van der Waals surface area contributed by atoms with Crippen LogP contribution in [-0.2, 0) is 6.42 Å². The zero-order valence-corrected chi connectivity index (χ0v) is 15.6. The number of piperidine rings is 2.